The largest absolute Gasteiger partial charge is 0.497 e. The first-order valence-corrected chi connectivity index (χ1v) is 12.0. The van der Waals surface area contributed by atoms with Crippen molar-refractivity contribution in [1.82, 2.24) is 24.3 Å². The summed E-state index contributed by atoms with van der Waals surface area (Å²) < 4.78 is 8.01. The predicted octanol–water partition coefficient (Wildman–Crippen LogP) is 2.46. The fraction of sp³-hybridized carbons (Fsp3) is 0.179. The summed E-state index contributed by atoms with van der Waals surface area (Å²) in [5.41, 5.74) is 0.905. The lowest BCUT2D eigenvalue weighted by molar-refractivity contribution is -0.121. The number of hydrogen-bond donors (Lipinski definition) is 2. The maximum atomic E-state index is 13.4. The number of amides is 1. The molecule has 10 heteroatoms. The maximum absolute atomic E-state index is 13.4. The van der Waals surface area contributed by atoms with Crippen LogP contribution in [0.3, 0.4) is 0 Å². The third-order valence-corrected chi connectivity index (χ3v) is 6.41. The number of hydrogen-bond acceptors (Lipinski definition) is 7. The Kier molecular flexibility index (Phi) is 6.86. The van der Waals surface area contributed by atoms with Crippen LogP contribution in [0, 0.1) is 0 Å². The number of rotatable bonds is 8. The molecule has 38 heavy (non-hydrogen) atoms. The van der Waals surface area contributed by atoms with Gasteiger partial charge in [0.2, 0.25) is 11.8 Å². The molecule has 5 aromatic rings. The molecule has 0 fully saturated rings. The van der Waals surface area contributed by atoms with Crippen molar-refractivity contribution in [3.63, 3.8) is 0 Å². The van der Waals surface area contributed by atoms with Gasteiger partial charge in [0.25, 0.3) is 11.1 Å². The molecule has 1 unspecified atom stereocenters. The molecule has 1 amide bonds. The summed E-state index contributed by atoms with van der Waals surface area (Å²) in [6, 6.07) is 19.0. The van der Waals surface area contributed by atoms with Crippen molar-refractivity contribution < 1.29 is 14.6 Å². The molecule has 0 aliphatic carbocycles. The summed E-state index contributed by atoms with van der Waals surface area (Å²) in [7, 11) is 1.54. The van der Waals surface area contributed by atoms with E-state index in [1.54, 1.807) is 74.0 Å². The monoisotopic (exact) mass is 511 g/mol. The molecule has 3 aromatic heterocycles. The number of methoxy groups -OCH3 is 1. The predicted molar refractivity (Wildman–Crippen MR) is 142 cm³/mol. The lowest BCUT2D eigenvalue weighted by atomic mass is 9.89. The molecular weight excluding hydrogens is 486 g/mol. The fourth-order valence-electron chi connectivity index (χ4n) is 4.46. The zero-order valence-electron chi connectivity index (χ0n) is 20.6. The number of nitrogens with zero attached hydrogens (tertiary/aromatic N) is 4. The highest BCUT2D eigenvalue weighted by atomic mass is 16.5. The number of carbonyl (C=O) groups is 1. The molecule has 0 aliphatic heterocycles. The summed E-state index contributed by atoms with van der Waals surface area (Å²) in [6.45, 7) is 0.399. The van der Waals surface area contributed by atoms with Crippen LogP contribution in [0.4, 0.5) is 0 Å². The molecule has 5 rings (SSSR count). The fourth-order valence-corrected chi connectivity index (χ4v) is 4.46. The van der Waals surface area contributed by atoms with Crippen LogP contribution >= 0.6 is 0 Å². The maximum Gasteiger partial charge on any atom is 0.265 e. The Morgan fingerprint density at radius 1 is 1.03 bits per heavy atom. The van der Waals surface area contributed by atoms with E-state index in [4.69, 9.17) is 4.74 Å². The van der Waals surface area contributed by atoms with Gasteiger partial charge in [-0.05, 0) is 42.0 Å². The number of aromatic hydroxyl groups is 1. The van der Waals surface area contributed by atoms with Crippen LogP contribution in [0.1, 0.15) is 23.5 Å². The minimum absolute atomic E-state index is 0.0176. The van der Waals surface area contributed by atoms with E-state index in [2.05, 4.69) is 15.3 Å². The molecule has 0 aliphatic rings. The first-order chi connectivity index (χ1) is 18.5. The van der Waals surface area contributed by atoms with Gasteiger partial charge in [-0.3, -0.25) is 23.4 Å². The third kappa shape index (κ3) is 4.83. The van der Waals surface area contributed by atoms with Gasteiger partial charge in [-0.1, -0.05) is 30.3 Å². The molecule has 0 saturated heterocycles. The van der Waals surface area contributed by atoms with Crippen LogP contribution in [0.15, 0.2) is 88.8 Å². The highest BCUT2D eigenvalue weighted by Crippen LogP contribution is 2.32. The molecule has 0 radical (unpaired) electrons. The van der Waals surface area contributed by atoms with E-state index in [9.17, 15) is 19.5 Å². The Morgan fingerprint density at radius 3 is 2.58 bits per heavy atom. The van der Waals surface area contributed by atoms with Gasteiger partial charge in [0.15, 0.2) is 0 Å². The highest BCUT2D eigenvalue weighted by molar-refractivity contribution is 5.78. The van der Waals surface area contributed by atoms with Crippen LogP contribution < -0.4 is 21.2 Å². The summed E-state index contributed by atoms with van der Waals surface area (Å²) in [5.74, 6) is -0.944. The van der Waals surface area contributed by atoms with Crippen molar-refractivity contribution in [3.05, 3.63) is 111 Å². The van der Waals surface area contributed by atoms with E-state index in [0.29, 0.717) is 27.9 Å². The van der Waals surface area contributed by atoms with Crippen LogP contribution in [0.5, 0.6) is 11.6 Å². The number of aromatic nitrogens is 4. The molecule has 2 N–H and O–H groups in total. The second-order valence-electron chi connectivity index (χ2n) is 8.72. The topological polar surface area (TPSA) is 128 Å². The molecule has 1 atom stereocenters. The number of para-hydroxylation sites is 1. The van der Waals surface area contributed by atoms with Gasteiger partial charge in [0.1, 0.15) is 11.4 Å². The lowest BCUT2D eigenvalue weighted by Gasteiger charge is -2.19. The number of ether oxygens (including phenoxy) is 1. The van der Waals surface area contributed by atoms with Crippen molar-refractivity contribution in [1.29, 1.82) is 0 Å². The normalized spacial score (nSPS) is 11.9. The lowest BCUT2D eigenvalue weighted by Crippen LogP contribution is -2.33. The molecule has 2 aromatic carbocycles. The summed E-state index contributed by atoms with van der Waals surface area (Å²) in [6.07, 6.45) is 2.89. The minimum atomic E-state index is -0.775. The average molecular weight is 512 g/mol. The summed E-state index contributed by atoms with van der Waals surface area (Å²) in [4.78, 5) is 47.6. The Balaban J connectivity index is 1.40. The van der Waals surface area contributed by atoms with E-state index in [0.717, 1.165) is 0 Å². The first-order valence-electron chi connectivity index (χ1n) is 12.0. The number of fused-ring (bicyclic) bond motifs is 2. The molecule has 0 saturated carbocycles. The summed E-state index contributed by atoms with van der Waals surface area (Å²) in [5, 5.41) is 14.1. The van der Waals surface area contributed by atoms with Crippen LogP contribution in [0.25, 0.3) is 16.6 Å². The van der Waals surface area contributed by atoms with Gasteiger partial charge in [-0.15, -0.1) is 0 Å². The number of benzene rings is 2. The van der Waals surface area contributed by atoms with E-state index in [1.807, 2.05) is 6.07 Å². The van der Waals surface area contributed by atoms with Gasteiger partial charge in [-0.2, -0.15) is 4.98 Å². The van der Waals surface area contributed by atoms with Gasteiger partial charge < -0.3 is 15.2 Å². The minimum Gasteiger partial charge on any atom is -0.497 e. The molecule has 0 spiro atoms. The Hall–Kier alpha value is -4.99. The number of nitrogens with one attached hydrogen (secondary N) is 1. The van der Waals surface area contributed by atoms with Crippen molar-refractivity contribution >= 4 is 22.5 Å². The SMILES string of the molecule is COc1ccc(C(CC(=O)NCCn2cnc3ccccc3c2=O)c2c(O)nc3ccccn3c2=O)cc1. The molecule has 192 valence electrons. The zero-order valence-corrected chi connectivity index (χ0v) is 20.6. The first kappa shape index (κ1) is 24.7. The van der Waals surface area contributed by atoms with Crippen LogP contribution in [0.2, 0.25) is 0 Å². The standard InChI is InChI=1S/C28H25N5O5/c1-38-19-11-9-18(10-12-19)21(25-26(35)31-23-8-4-5-14-33(23)28(25)37)16-24(34)29-13-15-32-17-30-22-7-3-2-6-20(22)27(32)36/h2-12,14,17,21,35H,13,15-16H2,1H3,(H,29,34). The van der Waals surface area contributed by atoms with Crippen molar-refractivity contribution in [2.75, 3.05) is 13.7 Å². The third-order valence-electron chi connectivity index (χ3n) is 6.41. The van der Waals surface area contributed by atoms with Gasteiger partial charge in [0, 0.05) is 31.6 Å². The number of carbonyl (C=O) groups excluding carboxylic acids is 1. The second kappa shape index (κ2) is 10.6. The van der Waals surface area contributed by atoms with E-state index in [-0.39, 0.29) is 36.5 Å². The van der Waals surface area contributed by atoms with Gasteiger partial charge in [-0.25, -0.2) is 4.98 Å². The van der Waals surface area contributed by atoms with E-state index < -0.39 is 17.4 Å². The Morgan fingerprint density at radius 2 is 1.79 bits per heavy atom. The highest BCUT2D eigenvalue weighted by Gasteiger charge is 2.26. The van der Waals surface area contributed by atoms with Crippen molar-refractivity contribution in [2.45, 2.75) is 18.9 Å². The summed E-state index contributed by atoms with van der Waals surface area (Å²) >= 11 is 0. The molecule has 10 nitrogen and oxygen atoms in total. The van der Waals surface area contributed by atoms with Gasteiger partial charge in [0.05, 0.1) is 29.9 Å². The zero-order chi connectivity index (χ0) is 26.6. The molecule has 3 heterocycles. The van der Waals surface area contributed by atoms with Crippen molar-refractivity contribution in [3.8, 4) is 11.6 Å². The van der Waals surface area contributed by atoms with Crippen LogP contribution in [-0.2, 0) is 11.3 Å². The molecular formula is C28H25N5O5. The van der Waals surface area contributed by atoms with Gasteiger partial charge >= 0.3 is 0 Å². The van der Waals surface area contributed by atoms with E-state index >= 15 is 0 Å². The molecule has 0 bridgehead atoms. The average Bonchev–Trinajstić information content (AvgIpc) is 2.94. The number of pyridine rings is 1. The van der Waals surface area contributed by atoms with Crippen molar-refractivity contribution in [2.24, 2.45) is 0 Å². The Labute approximate surface area is 216 Å². The second-order valence-corrected chi connectivity index (χ2v) is 8.72. The smallest absolute Gasteiger partial charge is 0.265 e. The quantitative estimate of drug-likeness (QED) is 0.328. The van der Waals surface area contributed by atoms with E-state index in [1.165, 1.54) is 15.3 Å². The van der Waals surface area contributed by atoms with Crippen LogP contribution in [-0.4, -0.2) is 43.6 Å². The Bertz CT molecular complexity index is 1740.